The zero-order chi connectivity index (χ0) is 15.3. The summed E-state index contributed by atoms with van der Waals surface area (Å²) in [6.07, 6.45) is -0.223. The van der Waals surface area contributed by atoms with Crippen LogP contribution in [0.5, 0.6) is 0 Å². The summed E-state index contributed by atoms with van der Waals surface area (Å²) < 4.78 is 37.6. The van der Waals surface area contributed by atoms with Crippen LogP contribution in [0.4, 0.5) is 13.2 Å². The number of likely N-dealkylation sites (N-methyl/N-ethyl adjacent to an activating group) is 1. The van der Waals surface area contributed by atoms with E-state index in [0.29, 0.717) is 6.42 Å². The highest BCUT2D eigenvalue weighted by Gasteiger charge is 2.30. The number of hydrogen-bond acceptors (Lipinski definition) is 2. The van der Waals surface area contributed by atoms with Gasteiger partial charge in [0.05, 0.1) is 5.56 Å². The van der Waals surface area contributed by atoms with E-state index < -0.39 is 11.7 Å². The van der Waals surface area contributed by atoms with E-state index in [1.807, 2.05) is 19.1 Å². The minimum absolute atomic E-state index is 0.0646. The van der Waals surface area contributed by atoms with E-state index in [1.54, 1.807) is 12.4 Å². The summed E-state index contributed by atoms with van der Waals surface area (Å²) in [7, 11) is 0. The number of nitrogens with one attached hydrogen (secondary N) is 1. The Morgan fingerprint density at radius 3 is 2.19 bits per heavy atom. The number of benzene rings is 1. The van der Waals surface area contributed by atoms with Gasteiger partial charge in [0.25, 0.3) is 0 Å². The largest absolute Gasteiger partial charge is 0.416 e. The fraction of sp³-hybridized carbons (Fsp3) is 0.312. The molecular weight excluding hydrogens is 277 g/mol. The van der Waals surface area contributed by atoms with Crippen LogP contribution in [0.3, 0.4) is 0 Å². The van der Waals surface area contributed by atoms with Crippen molar-refractivity contribution in [3.8, 4) is 0 Å². The molecule has 1 unspecified atom stereocenters. The van der Waals surface area contributed by atoms with Crippen molar-refractivity contribution in [3.05, 3.63) is 65.5 Å². The quantitative estimate of drug-likeness (QED) is 0.901. The standard InChI is InChI=1S/C16H17F3N2/c1-2-21-15(13-7-9-20-10-8-13)11-12-3-5-14(6-4-12)16(17,18)19/h3-10,15,21H,2,11H2,1H3. The lowest BCUT2D eigenvalue weighted by Gasteiger charge is -2.18. The predicted molar refractivity (Wildman–Crippen MR) is 75.8 cm³/mol. The third-order valence-corrected chi connectivity index (χ3v) is 3.28. The van der Waals surface area contributed by atoms with Crippen molar-refractivity contribution in [1.29, 1.82) is 0 Å². The van der Waals surface area contributed by atoms with E-state index in [0.717, 1.165) is 29.8 Å². The van der Waals surface area contributed by atoms with E-state index in [2.05, 4.69) is 10.3 Å². The molecule has 0 fully saturated rings. The fourth-order valence-corrected chi connectivity index (χ4v) is 2.22. The maximum atomic E-state index is 12.5. The fourth-order valence-electron chi connectivity index (χ4n) is 2.22. The first-order valence-corrected chi connectivity index (χ1v) is 6.80. The van der Waals surface area contributed by atoms with E-state index in [4.69, 9.17) is 0 Å². The van der Waals surface area contributed by atoms with Gasteiger partial charge < -0.3 is 5.32 Å². The number of nitrogens with zero attached hydrogens (tertiary/aromatic N) is 1. The Labute approximate surface area is 122 Å². The van der Waals surface area contributed by atoms with E-state index >= 15 is 0 Å². The van der Waals surface area contributed by atoms with Gasteiger partial charge >= 0.3 is 6.18 Å². The van der Waals surface area contributed by atoms with Crippen LogP contribution in [-0.4, -0.2) is 11.5 Å². The summed E-state index contributed by atoms with van der Waals surface area (Å²) in [5, 5.41) is 3.34. The van der Waals surface area contributed by atoms with E-state index in [9.17, 15) is 13.2 Å². The van der Waals surface area contributed by atoms with Crippen molar-refractivity contribution in [2.24, 2.45) is 0 Å². The van der Waals surface area contributed by atoms with Gasteiger partial charge in [-0.1, -0.05) is 19.1 Å². The minimum atomic E-state index is -4.29. The molecular formula is C16H17F3N2. The van der Waals surface area contributed by atoms with Gasteiger partial charge in [0.2, 0.25) is 0 Å². The number of pyridine rings is 1. The molecule has 21 heavy (non-hydrogen) atoms. The molecule has 1 N–H and O–H groups in total. The molecule has 0 aliphatic heterocycles. The second-order valence-corrected chi connectivity index (χ2v) is 4.79. The third kappa shape index (κ3) is 4.29. The molecule has 0 amide bonds. The smallest absolute Gasteiger partial charge is 0.310 e. The molecule has 2 rings (SSSR count). The highest BCUT2D eigenvalue weighted by atomic mass is 19.4. The van der Waals surface area contributed by atoms with Crippen molar-refractivity contribution in [2.45, 2.75) is 25.6 Å². The van der Waals surface area contributed by atoms with Gasteiger partial charge in [-0.15, -0.1) is 0 Å². The van der Waals surface area contributed by atoms with Crippen LogP contribution in [0.15, 0.2) is 48.8 Å². The van der Waals surface area contributed by atoms with E-state index in [-0.39, 0.29) is 6.04 Å². The summed E-state index contributed by atoms with van der Waals surface area (Å²) in [5.74, 6) is 0. The average molecular weight is 294 g/mol. The maximum Gasteiger partial charge on any atom is 0.416 e. The summed E-state index contributed by atoms with van der Waals surface area (Å²) in [6.45, 7) is 2.79. The van der Waals surface area contributed by atoms with Crippen LogP contribution in [0, 0.1) is 0 Å². The molecule has 1 aromatic heterocycles. The van der Waals surface area contributed by atoms with Gasteiger partial charge in [0, 0.05) is 18.4 Å². The van der Waals surface area contributed by atoms with Crippen LogP contribution in [0.2, 0.25) is 0 Å². The summed E-state index contributed by atoms with van der Waals surface area (Å²) >= 11 is 0. The molecule has 112 valence electrons. The lowest BCUT2D eigenvalue weighted by molar-refractivity contribution is -0.137. The summed E-state index contributed by atoms with van der Waals surface area (Å²) in [4.78, 5) is 3.98. The number of rotatable bonds is 5. The summed E-state index contributed by atoms with van der Waals surface area (Å²) in [6, 6.07) is 9.22. The van der Waals surface area contributed by atoms with Crippen molar-refractivity contribution < 1.29 is 13.2 Å². The molecule has 0 aliphatic rings. The SMILES string of the molecule is CCNC(Cc1ccc(C(F)(F)F)cc1)c1ccncc1. The first-order chi connectivity index (χ1) is 10.0. The number of alkyl halides is 3. The van der Waals surface area contributed by atoms with Crippen molar-refractivity contribution in [1.82, 2.24) is 10.3 Å². The Hall–Kier alpha value is -1.88. The molecule has 0 bridgehead atoms. The monoisotopic (exact) mass is 294 g/mol. The minimum Gasteiger partial charge on any atom is -0.310 e. The zero-order valence-electron chi connectivity index (χ0n) is 11.7. The molecule has 5 heteroatoms. The second-order valence-electron chi connectivity index (χ2n) is 4.79. The highest BCUT2D eigenvalue weighted by Crippen LogP contribution is 2.29. The van der Waals surface area contributed by atoms with Crippen molar-refractivity contribution in [3.63, 3.8) is 0 Å². The number of hydrogen-bond donors (Lipinski definition) is 1. The third-order valence-electron chi connectivity index (χ3n) is 3.28. The van der Waals surface area contributed by atoms with Crippen LogP contribution in [0.25, 0.3) is 0 Å². The van der Waals surface area contributed by atoms with Gasteiger partial charge in [-0.25, -0.2) is 0 Å². The first kappa shape index (κ1) is 15.5. The van der Waals surface area contributed by atoms with Gasteiger partial charge in [-0.05, 0) is 48.4 Å². The molecule has 1 atom stereocenters. The second kappa shape index (κ2) is 6.72. The maximum absolute atomic E-state index is 12.5. The number of aromatic nitrogens is 1. The predicted octanol–water partition coefficient (Wildman–Crippen LogP) is 3.99. The molecule has 2 nitrogen and oxygen atoms in total. The lowest BCUT2D eigenvalue weighted by Crippen LogP contribution is -2.23. The van der Waals surface area contributed by atoms with Gasteiger partial charge in [0.1, 0.15) is 0 Å². The lowest BCUT2D eigenvalue weighted by atomic mass is 9.99. The Morgan fingerprint density at radius 1 is 1.05 bits per heavy atom. The summed E-state index contributed by atoms with van der Waals surface area (Å²) in [5.41, 5.74) is 1.33. The molecule has 0 radical (unpaired) electrons. The Morgan fingerprint density at radius 2 is 1.67 bits per heavy atom. The zero-order valence-corrected chi connectivity index (χ0v) is 11.7. The molecule has 0 aliphatic carbocycles. The Balaban J connectivity index is 2.14. The molecule has 0 saturated carbocycles. The highest BCUT2D eigenvalue weighted by molar-refractivity contribution is 5.27. The van der Waals surface area contributed by atoms with E-state index in [1.165, 1.54) is 12.1 Å². The topological polar surface area (TPSA) is 24.9 Å². The average Bonchev–Trinajstić information content (AvgIpc) is 2.47. The van der Waals surface area contributed by atoms with Crippen molar-refractivity contribution in [2.75, 3.05) is 6.54 Å². The van der Waals surface area contributed by atoms with Crippen LogP contribution >= 0.6 is 0 Å². The Bertz CT molecular complexity index is 550. The number of halogens is 3. The van der Waals surface area contributed by atoms with Gasteiger partial charge in [-0.3, -0.25) is 4.98 Å². The van der Waals surface area contributed by atoms with Gasteiger partial charge in [0.15, 0.2) is 0 Å². The van der Waals surface area contributed by atoms with Crippen LogP contribution in [-0.2, 0) is 12.6 Å². The van der Waals surface area contributed by atoms with Gasteiger partial charge in [-0.2, -0.15) is 13.2 Å². The Kier molecular flexibility index (Phi) is 4.96. The first-order valence-electron chi connectivity index (χ1n) is 6.80. The molecule has 1 heterocycles. The van der Waals surface area contributed by atoms with Crippen LogP contribution in [0.1, 0.15) is 29.7 Å². The molecule has 0 saturated heterocycles. The molecule has 1 aromatic carbocycles. The van der Waals surface area contributed by atoms with Crippen molar-refractivity contribution >= 4 is 0 Å². The molecule has 2 aromatic rings. The molecule has 0 spiro atoms. The van der Waals surface area contributed by atoms with Crippen LogP contribution < -0.4 is 5.32 Å². The normalized spacial score (nSPS) is 13.1.